The minimum absolute atomic E-state index is 0.102. The first-order chi connectivity index (χ1) is 7.70. The van der Waals surface area contributed by atoms with Crippen LogP contribution in [0.3, 0.4) is 0 Å². The molecule has 2 unspecified atom stereocenters. The smallest absolute Gasteiger partial charge is 0.293 e. The number of aryl methyl sites for hydroxylation is 1. The molecule has 1 heterocycles. The highest BCUT2D eigenvalue weighted by atomic mass is 16.3. The van der Waals surface area contributed by atoms with Crippen LogP contribution in [0.2, 0.25) is 0 Å². The molecule has 16 heavy (non-hydrogen) atoms. The summed E-state index contributed by atoms with van der Waals surface area (Å²) in [6.45, 7) is 0.235. The van der Waals surface area contributed by atoms with Crippen LogP contribution in [0.25, 0.3) is 0 Å². The van der Waals surface area contributed by atoms with Gasteiger partial charge in [-0.25, -0.2) is 4.98 Å². The van der Waals surface area contributed by atoms with Gasteiger partial charge in [-0.05, 0) is 25.2 Å². The maximum Gasteiger partial charge on any atom is 0.293 e. The molecule has 1 aliphatic carbocycles. The van der Waals surface area contributed by atoms with Crippen LogP contribution in [-0.2, 0) is 7.05 Å². The fourth-order valence-corrected chi connectivity index (χ4v) is 2.16. The number of aromatic nitrogens is 2. The number of hydrogen-bond donors (Lipinski definition) is 2. The number of anilines is 1. The van der Waals surface area contributed by atoms with Gasteiger partial charge in [0.2, 0.25) is 0 Å². The first kappa shape index (κ1) is 11.1. The van der Waals surface area contributed by atoms with E-state index in [0.29, 0.717) is 11.7 Å². The van der Waals surface area contributed by atoms with E-state index >= 15 is 0 Å². The van der Waals surface area contributed by atoms with E-state index in [2.05, 4.69) is 10.3 Å². The molecule has 1 fully saturated rings. The molecule has 0 aliphatic heterocycles. The molecule has 0 amide bonds. The van der Waals surface area contributed by atoms with Crippen molar-refractivity contribution >= 4 is 5.82 Å². The molecule has 0 bridgehead atoms. The van der Waals surface area contributed by atoms with Gasteiger partial charge in [0.1, 0.15) is 0 Å². The lowest BCUT2D eigenvalue weighted by Crippen LogP contribution is -2.26. The first-order valence-corrected chi connectivity index (χ1v) is 5.59. The molecule has 0 radical (unpaired) electrons. The van der Waals surface area contributed by atoms with E-state index < -0.39 is 0 Å². The third kappa shape index (κ3) is 2.24. The van der Waals surface area contributed by atoms with Gasteiger partial charge in [-0.3, -0.25) is 4.79 Å². The monoisotopic (exact) mass is 223 g/mol. The van der Waals surface area contributed by atoms with E-state index in [-0.39, 0.29) is 18.2 Å². The van der Waals surface area contributed by atoms with Gasteiger partial charge in [-0.2, -0.15) is 0 Å². The second-order valence-electron chi connectivity index (χ2n) is 4.39. The summed E-state index contributed by atoms with van der Waals surface area (Å²) >= 11 is 0. The summed E-state index contributed by atoms with van der Waals surface area (Å²) in [5, 5.41) is 12.2. The van der Waals surface area contributed by atoms with Crippen molar-refractivity contribution in [3.05, 3.63) is 22.7 Å². The zero-order chi connectivity index (χ0) is 11.5. The second kappa shape index (κ2) is 4.65. The molecule has 88 valence electrons. The molecular formula is C11H17N3O2. The molecule has 1 aliphatic rings. The van der Waals surface area contributed by atoms with Crippen LogP contribution in [0.1, 0.15) is 19.3 Å². The van der Waals surface area contributed by atoms with Gasteiger partial charge in [-0.15, -0.1) is 0 Å². The molecule has 2 atom stereocenters. The molecule has 0 spiro atoms. The van der Waals surface area contributed by atoms with Gasteiger partial charge in [0.15, 0.2) is 5.82 Å². The van der Waals surface area contributed by atoms with Crippen LogP contribution in [0.15, 0.2) is 17.2 Å². The highest BCUT2D eigenvalue weighted by Crippen LogP contribution is 2.26. The van der Waals surface area contributed by atoms with Crippen LogP contribution in [-0.4, -0.2) is 27.3 Å². The minimum atomic E-state index is -0.102. The Kier molecular flexibility index (Phi) is 3.24. The molecule has 5 nitrogen and oxygen atoms in total. The molecule has 1 aromatic heterocycles. The lowest BCUT2D eigenvalue weighted by Gasteiger charge is -2.13. The average Bonchev–Trinajstić information content (AvgIpc) is 2.73. The number of aliphatic hydroxyl groups is 1. The van der Waals surface area contributed by atoms with E-state index in [9.17, 15) is 4.79 Å². The highest BCUT2D eigenvalue weighted by molar-refractivity contribution is 5.32. The third-order valence-electron chi connectivity index (χ3n) is 3.16. The Morgan fingerprint density at radius 3 is 3.12 bits per heavy atom. The number of nitrogens with zero attached hydrogens (tertiary/aromatic N) is 2. The van der Waals surface area contributed by atoms with Gasteiger partial charge >= 0.3 is 0 Å². The number of hydrogen-bond acceptors (Lipinski definition) is 4. The quantitative estimate of drug-likeness (QED) is 0.776. The molecule has 0 saturated heterocycles. The Morgan fingerprint density at radius 1 is 1.62 bits per heavy atom. The van der Waals surface area contributed by atoms with Crippen LogP contribution in [0.4, 0.5) is 5.82 Å². The SMILES string of the molecule is Cn1ccnc(NC2CCC(CO)C2)c1=O. The normalized spacial score (nSPS) is 24.6. The number of rotatable bonds is 3. The number of nitrogens with one attached hydrogen (secondary N) is 1. The first-order valence-electron chi connectivity index (χ1n) is 5.59. The fraction of sp³-hybridized carbons (Fsp3) is 0.636. The summed E-state index contributed by atoms with van der Waals surface area (Å²) in [4.78, 5) is 15.7. The summed E-state index contributed by atoms with van der Waals surface area (Å²) in [6, 6.07) is 0.264. The molecule has 0 aromatic carbocycles. The van der Waals surface area contributed by atoms with Crippen molar-refractivity contribution in [1.29, 1.82) is 0 Å². The van der Waals surface area contributed by atoms with Crippen molar-refractivity contribution in [2.45, 2.75) is 25.3 Å². The fourth-order valence-electron chi connectivity index (χ4n) is 2.16. The zero-order valence-electron chi connectivity index (χ0n) is 9.39. The Bertz CT molecular complexity index is 416. The standard InChI is InChI=1S/C11H17N3O2/c1-14-5-4-12-10(11(14)16)13-9-3-2-8(6-9)7-15/h4-5,8-9,15H,2-3,6-7H2,1H3,(H,12,13). The summed E-state index contributed by atoms with van der Waals surface area (Å²) < 4.78 is 1.51. The van der Waals surface area contributed by atoms with Gasteiger partial charge in [0, 0.05) is 32.1 Å². The van der Waals surface area contributed by atoms with Crippen LogP contribution >= 0.6 is 0 Å². The lowest BCUT2D eigenvalue weighted by molar-refractivity contribution is 0.229. The number of aliphatic hydroxyl groups excluding tert-OH is 1. The minimum Gasteiger partial charge on any atom is -0.396 e. The van der Waals surface area contributed by atoms with E-state index in [0.717, 1.165) is 19.3 Å². The Labute approximate surface area is 94.1 Å². The van der Waals surface area contributed by atoms with Gasteiger partial charge in [0.05, 0.1) is 0 Å². The van der Waals surface area contributed by atoms with Crippen molar-refractivity contribution < 1.29 is 5.11 Å². The molecule has 5 heteroatoms. The third-order valence-corrected chi connectivity index (χ3v) is 3.16. The van der Waals surface area contributed by atoms with E-state index in [1.54, 1.807) is 19.4 Å². The van der Waals surface area contributed by atoms with Crippen LogP contribution in [0.5, 0.6) is 0 Å². The summed E-state index contributed by atoms with van der Waals surface area (Å²) in [7, 11) is 1.71. The maximum absolute atomic E-state index is 11.7. The Balaban J connectivity index is 2.05. The van der Waals surface area contributed by atoms with Crippen LogP contribution < -0.4 is 10.9 Å². The molecule has 1 aromatic rings. The van der Waals surface area contributed by atoms with Gasteiger partial charge in [0.25, 0.3) is 5.56 Å². The lowest BCUT2D eigenvalue weighted by atomic mass is 10.1. The molecular weight excluding hydrogens is 206 g/mol. The second-order valence-corrected chi connectivity index (χ2v) is 4.39. The van der Waals surface area contributed by atoms with Crippen LogP contribution in [0, 0.1) is 5.92 Å². The highest BCUT2D eigenvalue weighted by Gasteiger charge is 2.24. The predicted molar refractivity (Wildman–Crippen MR) is 61.3 cm³/mol. The maximum atomic E-state index is 11.7. The van der Waals surface area contributed by atoms with Crippen molar-refractivity contribution in [3.63, 3.8) is 0 Å². The van der Waals surface area contributed by atoms with E-state index in [1.165, 1.54) is 4.57 Å². The van der Waals surface area contributed by atoms with Crippen molar-refractivity contribution in [3.8, 4) is 0 Å². The largest absolute Gasteiger partial charge is 0.396 e. The van der Waals surface area contributed by atoms with Crippen molar-refractivity contribution in [2.75, 3.05) is 11.9 Å². The van der Waals surface area contributed by atoms with E-state index in [4.69, 9.17) is 5.11 Å². The molecule has 2 N–H and O–H groups in total. The van der Waals surface area contributed by atoms with Crippen molar-refractivity contribution in [1.82, 2.24) is 9.55 Å². The molecule has 2 rings (SSSR count). The van der Waals surface area contributed by atoms with Gasteiger partial charge in [-0.1, -0.05) is 0 Å². The van der Waals surface area contributed by atoms with E-state index in [1.807, 2.05) is 0 Å². The predicted octanol–water partition coefficient (Wildman–Crippen LogP) is 0.353. The topological polar surface area (TPSA) is 67.2 Å². The molecule has 1 saturated carbocycles. The Hall–Kier alpha value is -1.36. The van der Waals surface area contributed by atoms with Crippen molar-refractivity contribution in [2.24, 2.45) is 13.0 Å². The van der Waals surface area contributed by atoms with Gasteiger partial charge < -0.3 is 15.0 Å². The Morgan fingerprint density at radius 2 is 2.44 bits per heavy atom. The summed E-state index contributed by atoms with van der Waals surface area (Å²) in [5.74, 6) is 0.777. The zero-order valence-corrected chi connectivity index (χ0v) is 9.39. The average molecular weight is 223 g/mol. The summed E-state index contributed by atoms with van der Waals surface area (Å²) in [5.41, 5.74) is -0.102. The summed E-state index contributed by atoms with van der Waals surface area (Å²) in [6.07, 6.45) is 6.17.